The summed E-state index contributed by atoms with van der Waals surface area (Å²) in [5.41, 5.74) is -0.354. The van der Waals surface area contributed by atoms with Gasteiger partial charge in [0.05, 0.1) is 17.1 Å². The lowest BCUT2D eigenvalue weighted by Crippen LogP contribution is -2.32. The predicted molar refractivity (Wildman–Crippen MR) is 63.4 cm³/mol. The van der Waals surface area contributed by atoms with Crippen molar-refractivity contribution in [1.29, 1.82) is 0 Å². The molecule has 1 heterocycles. The molecule has 0 bridgehead atoms. The van der Waals surface area contributed by atoms with Gasteiger partial charge < -0.3 is 5.11 Å². The highest BCUT2D eigenvalue weighted by Gasteiger charge is 2.40. The maximum Gasteiger partial charge on any atom is 0.153 e. The SMILES string of the molecule is O=S1(=O)CCC(O)(Cc2ccccc2Cl)C1. The summed E-state index contributed by atoms with van der Waals surface area (Å²) in [6.07, 6.45) is 0.590. The van der Waals surface area contributed by atoms with Crippen LogP contribution in [0.15, 0.2) is 24.3 Å². The predicted octanol–water partition coefficient (Wildman–Crippen LogP) is 1.43. The summed E-state index contributed by atoms with van der Waals surface area (Å²) in [4.78, 5) is 0. The smallest absolute Gasteiger partial charge is 0.153 e. The Kier molecular flexibility index (Phi) is 2.99. The molecular formula is C11H13ClO3S. The summed E-state index contributed by atoms with van der Waals surface area (Å²) in [6, 6.07) is 7.18. The largest absolute Gasteiger partial charge is 0.388 e. The van der Waals surface area contributed by atoms with Crippen LogP contribution >= 0.6 is 11.6 Å². The highest BCUT2D eigenvalue weighted by molar-refractivity contribution is 7.91. The monoisotopic (exact) mass is 260 g/mol. The molecule has 16 heavy (non-hydrogen) atoms. The molecule has 0 amide bonds. The van der Waals surface area contributed by atoms with Gasteiger partial charge in [0.25, 0.3) is 0 Å². The average molecular weight is 261 g/mol. The molecule has 1 fully saturated rings. The first kappa shape index (κ1) is 11.9. The summed E-state index contributed by atoms with van der Waals surface area (Å²) in [5.74, 6) is -0.0980. The van der Waals surface area contributed by atoms with E-state index in [1.165, 1.54) is 0 Å². The molecule has 5 heteroatoms. The molecular weight excluding hydrogens is 248 g/mol. The third-order valence-electron chi connectivity index (χ3n) is 2.84. The molecule has 0 saturated carbocycles. The van der Waals surface area contributed by atoms with Gasteiger partial charge in [0, 0.05) is 11.4 Å². The lowest BCUT2D eigenvalue weighted by Gasteiger charge is -2.21. The van der Waals surface area contributed by atoms with Gasteiger partial charge in [-0.3, -0.25) is 0 Å². The molecule has 1 aromatic rings. The van der Waals surface area contributed by atoms with Crippen molar-refractivity contribution < 1.29 is 13.5 Å². The van der Waals surface area contributed by atoms with Crippen molar-refractivity contribution in [2.45, 2.75) is 18.4 Å². The molecule has 1 atom stereocenters. The minimum Gasteiger partial charge on any atom is -0.388 e. The van der Waals surface area contributed by atoms with Gasteiger partial charge in [-0.2, -0.15) is 0 Å². The fourth-order valence-corrected chi connectivity index (χ4v) is 4.14. The van der Waals surface area contributed by atoms with Crippen LogP contribution in [0.1, 0.15) is 12.0 Å². The van der Waals surface area contributed by atoms with Crippen LogP contribution in [0.4, 0.5) is 0 Å². The quantitative estimate of drug-likeness (QED) is 0.875. The summed E-state index contributed by atoms with van der Waals surface area (Å²) >= 11 is 5.98. The van der Waals surface area contributed by atoms with E-state index in [2.05, 4.69) is 0 Å². The Hall–Kier alpha value is -0.580. The van der Waals surface area contributed by atoms with E-state index >= 15 is 0 Å². The molecule has 3 nitrogen and oxygen atoms in total. The summed E-state index contributed by atoms with van der Waals surface area (Å²) in [6.45, 7) is 0. The Labute approximate surface area is 100.0 Å². The van der Waals surface area contributed by atoms with Gasteiger partial charge in [-0.25, -0.2) is 8.42 Å². The van der Waals surface area contributed by atoms with Crippen molar-refractivity contribution in [3.63, 3.8) is 0 Å². The topological polar surface area (TPSA) is 54.4 Å². The van der Waals surface area contributed by atoms with Crippen LogP contribution < -0.4 is 0 Å². The van der Waals surface area contributed by atoms with E-state index < -0.39 is 15.4 Å². The van der Waals surface area contributed by atoms with E-state index in [0.717, 1.165) is 5.56 Å². The van der Waals surface area contributed by atoms with Crippen LogP contribution in [0, 0.1) is 0 Å². The summed E-state index contributed by atoms with van der Waals surface area (Å²) < 4.78 is 22.7. The second-order valence-electron chi connectivity index (χ2n) is 4.33. The van der Waals surface area contributed by atoms with Crippen molar-refractivity contribution in [2.24, 2.45) is 0 Å². The molecule has 0 aliphatic carbocycles. The fourth-order valence-electron chi connectivity index (χ4n) is 2.03. The zero-order valence-electron chi connectivity index (χ0n) is 8.69. The first-order valence-electron chi connectivity index (χ1n) is 5.06. The normalized spacial score (nSPS) is 28.1. The standard InChI is InChI=1S/C11H13ClO3S/c12-10-4-2-1-3-9(10)7-11(13)5-6-16(14,15)8-11/h1-4,13H,5-8H2. The van der Waals surface area contributed by atoms with Gasteiger partial charge in [-0.15, -0.1) is 0 Å². The zero-order chi connectivity index (χ0) is 11.8. The first-order valence-corrected chi connectivity index (χ1v) is 7.26. The van der Waals surface area contributed by atoms with Gasteiger partial charge in [0.2, 0.25) is 0 Å². The van der Waals surface area contributed by atoms with Gasteiger partial charge in [-0.05, 0) is 18.1 Å². The maximum atomic E-state index is 11.3. The van der Waals surface area contributed by atoms with E-state index in [1.54, 1.807) is 12.1 Å². The summed E-state index contributed by atoms with van der Waals surface area (Å²) in [7, 11) is -3.08. The van der Waals surface area contributed by atoms with E-state index in [-0.39, 0.29) is 11.5 Å². The van der Waals surface area contributed by atoms with Gasteiger partial charge in [-0.1, -0.05) is 29.8 Å². The lowest BCUT2D eigenvalue weighted by molar-refractivity contribution is 0.0682. The van der Waals surface area contributed by atoms with Crippen LogP contribution in [0.25, 0.3) is 0 Å². The Morgan fingerprint density at radius 1 is 1.38 bits per heavy atom. The van der Waals surface area contributed by atoms with Crippen molar-refractivity contribution in [3.8, 4) is 0 Å². The molecule has 1 aromatic carbocycles. The number of halogens is 1. The van der Waals surface area contributed by atoms with Crippen molar-refractivity contribution in [1.82, 2.24) is 0 Å². The van der Waals surface area contributed by atoms with E-state index in [1.807, 2.05) is 12.1 Å². The van der Waals surface area contributed by atoms with E-state index in [9.17, 15) is 13.5 Å². The lowest BCUT2D eigenvalue weighted by atomic mass is 9.94. The first-order chi connectivity index (χ1) is 7.40. The number of hydrogen-bond acceptors (Lipinski definition) is 3. The molecule has 0 aromatic heterocycles. The molecule has 1 saturated heterocycles. The Bertz CT molecular complexity index is 498. The maximum absolute atomic E-state index is 11.3. The van der Waals surface area contributed by atoms with Crippen molar-refractivity contribution >= 4 is 21.4 Å². The van der Waals surface area contributed by atoms with E-state index in [0.29, 0.717) is 17.9 Å². The Morgan fingerprint density at radius 2 is 2.06 bits per heavy atom. The zero-order valence-corrected chi connectivity index (χ0v) is 10.3. The van der Waals surface area contributed by atoms with E-state index in [4.69, 9.17) is 11.6 Å². The number of hydrogen-bond donors (Lipinski definition) is 1. The van der Waals surface area contributed by atoms with Gasteiger partial charge in [0.1, 0.15) is 0 Å². The molecule has 88 valence electrons. The molecule has 0 spiro atoms. The van der Waals surface area contributed by atoms with Crippen LogP contribution in [-0.2, 0) is 16.3 Å². The number of sulfone groups is 1. The fraction of sp³-hybridized carbons (Fsp3) is 0.455. The van der Waals surface area contributed by atoms with Crippen LogP contribution in [0.3, 0.4) is 0 Å². The number of rotatable bonds is 2. The van der Waals surface area contributed by atoms with Crippen molar-refractivity contribution in [3.05, 3.63) is 34.9 Å². The highest BCUT2D eigenvalue weighted by atomic mass is 35.5. The molecule has 2 rings (SSSR count). The minimum atomic E-state index is -3.08. The molecule has 0 radical (unpaired) electrons. The third-order valence-corrected chi connectivity index (χ3v) is 5.02. The number of benzene rings is 1. The van der Waals surface area contributed by atoms with Crippen LogP contribution in [-0.4, -0.2) is 30.6 Å². The highest BCUT2D eigenvalue weighted by Crippen LogP contribution is 2.29. The molecule has 1 aliphatic heterocycles. The Balaban J connectivity index is 2.20. The second kappa shape index (κ2) is 4.02. The van der Waals surface area contributed by atoms with Crippen LogP contribution in [0.2, 0.25) is 5.02 Å². The molecule has 1 unspecified atom stereocenters. The van der Waals surface area contributed by atoms with Gasteiger partial charge >= 0.3 is 0 Å². The van der Waals surface area contributed by atoms with Gasteiger partial charge in [0.15, 0.2) is 9.84 Å². The molecule has 1 N–H and O–H groups in total. The minimum absolute atomic E-state index is 0.0634. The molecule has 1 aliphatic rings. The Morgan fingerprint density at radius 3 is 2.62 bits per heavy atom. The number of aliphatic hydroxyl groups is 1. The third kappa shape index (κ3) is 2.56. The summed E-state index contributed by atoms with van der Waals surface area (Å²) in [5, 5.41) is 10.7. The van der Waals surface area contributed by atoms with Crippen LogP contribution in [0.5, 0.6) is 0 Å². The average Bonchev–Trinajstić information content (AvgIpc) is 2.45. The second-order valence-corrected chi connectivity index (χ2v) is 6.93. The van der Waals surface area contributed by atoms with Crippen molar-refractivity contribution in [2.75, 3.05) is 11.5 Å².